The molecule has 146 valence electrons. The highest BCUT2D eigenvalue weighted by Crippen LogP contribution is 2.37. The molecule has 3 rings (SSSR count). The molecule has 0 radical (unpaired) electrons. The molecule has 0 amide bonds. The van der Waals surface area contributed by atoms with Gasteiger partial charge in [0.05, 0.1) is 6.07 Å². The van der Waals surface area contributed by atoms with Crippen LogP contribution in [0.2, 0.25) is 11.4 Å². The first-order valence-electron chi connectivity index (χ1n) is 9.95. The van der Waals surface area contributed by atoms with Crippen LogP contribution >= 0.6 is 0 Å². The van der Waals surface area contributed by atoms with Crippen LogP contribution in [0.5, 0.6) is 0 Å². The minimum atomic E-state index is -2.66. The predicted molar refractivity (Wildman–Crippen MR) is 122 cm³/mol. The lowest BCUT2D eigenvalue weighted by molar-refractivity contribution is 0.368. The Labute approximate surface area is 174 Å². The van der Waals surface area contributed by atoms with Crippen LogP contribution in [0, 0.1) is 17.2 Å². The van der Waals surface area contributed by atoms with Gasteiger partial charge in [-0.25, -0.2) is 0 Å². The predicted octanol–water partition coefficient (Wildman–Crippen LogP) is 2.55. The molecule has 3 unspecified atom stereocenters. The zero-order valence-corrected chi connectivity index (χ0v) is 17.8. The molecule has 0 spiro atoms. The summed E-state index contributed by atoms with van der Waals surface area (Å²) in [5, 5.41) is 33.4. The highest BCUT2D eigenvalue weighted by atomic mass is 28.3. The number of nitrogens with zero attached hydrogens (tertiary/aromatic N) is 1. The van der Waals surface area contributed by atoms with E-state index < -0.39 is 26.9 Å². The van der Waals surface area contributed by atoms with E-state index in [1.165, 1.54) is 15.6 Å². The van der Waals surface area contributed by atoms with Crippen LogP contribution in [0.15, 0.2) is 91.0 Å². The minimum absolute atomic E-state index is 0.0866. The summed E-state index contributed by atoms with van der Waals surface area (Å²) in [6, 6.07) is 33.6. The fraction of sp³-hybridized carbons (Fsp3) is 0.208. The molecule has 3 atom stereocenters. The third kappa shape index (κ3) is 3.92. The van der Waals surface area contributed by atoms with Gasteiger partial charge in [0, 0.05) is 11.7 Å². The molecule has 2 N–H and O–H groups in total. The van der Waals surface area contributed by atoms with Crippen molar-refractivity contribution in [3.05, 3.63) is 91.0 Å². The molecule has 0 aliphatic heterocycles. The van der Waals surface area contributed by atoms with Gasteiger partial charge in [0.15, 0.2) is 8.07 Å². The molecule has 29 heavy (non-hydrogen) atoms. The van der Waals surface area contributed by atoms with Crippen molar-refractivity contribution >= 4 is 30.8 Å². The summed E-state index contributed by atoms with van der Waals surface area (Å²) in [5.41, 5.74) is -0.0866. The first-order chi connectivity index (χ1) is 14.0. The van der Waals surface area contributed by atoms with Crippen molar-refractivity contribution in [2.45, 2.75) is 25.2 Å². The maximum absolute atomic E-state index is 10.1. The van der Waals surface area contributed by atoms with E-state index in [1.54, 1.807) is 6.92 Å². The van der Waals surface area contributed by atoms with Crippen LogP contribution < -0.4 is 15.6 Å². The smallest absolute Gasteiger partial charge is 0.427 e. The Morgan fingerprint density at radius 3 is 1.34 bits per heavy atom. The molecule has 5 heteroatoms. The van der Waals surface area contributed by atoms with Gasteiger partial charge >= 0.3 is 7.12 Å². The molecule has 0 saturated heterocycles. The molecule has 3 aromatic rings. The lowest BCUT2D eigenvalue weighted by Gasteiger charge is -2.42. The van der Waals surface area contributed by atoms with Crippen LogP contribution in [0.25, 0.3) is 0 Å². The normalized spacial score (nSPS) is 14.4. The van der Waals surface area contributed by atoms with Gasteiger partial charge in [0.1, 0.15) is 0 Å². The molecule has 0 saturated carbocycles. The van der Waals surface area contributed by atoms with Crippen LogP contribution in [-0.2, 0) is 0 Å². The number of nitriles is 1. The fourth-order valence-corrected chi connectivity index (χ4v) is 10.2. The van der Waals surface area contributed by atoms with Crippen molar-refractivity contribution in [3.63, 3.8) is 0 Å². The Bertz CT molecular complexity index is 848. The van der Waals surface area contributed by atoms with Gasteiger partial charge in [-0.2, -0.15) is 5.26 Å². The highest BCUT2D eigenvalue weighted by molar-refractivity contribution is 7.12. The molecule has 0 aromatic heterocycles. The average molecular weight is 399 g/mol. The van der Waals surface area contributed by atoms with Crippen LogP contribution in [0.3, 0.4) is 0 Å². The molecule has 3 nitrogen and oxygen atoms in total. The number of rotatable bonds is 7. The summed E-state index contributed by atoms with van der Waals surface area (Å²) in [6.45, 7) is 3.85. The van der Waals surface area contributed by atoms with Gasteiger partial charge in [-0.05, 0) is 21.1 Å². The molecule has 0 fully saturated rings. The Morgan fingerprint density at radius 1 is 0.724 bits per heavy atom. The standard InChI is InChI=1S/C24H26BNO2Si/c1-19(25(27)28)24(18-26)20(2)29(21-12-6-3-7-13-21,22-14-8-4-9-15-22)23-16-10-5-11-17-23/h3-17,19-20,24,27-28H,1-2H3. The van der Waals surface area contributed by atoms with Gasteiger partial charge in [-0.3, -0.25) is 0 Å². The molecule has 0 aliphatic rings. The quantitative estimate of drug-likeness (QED) is 0.474. The summed E-state index contributed by atoms with van der Waals surface area (Å²) in [5.74, 6) is -1.07. The molecular weight excluding hydrogens is 373 g/mol. The lowest BCUT2D eigenvalue weighted by atomic mass is 9.66. The van der Waals surface area contributed by atoms with E-state index in [-0.39, 0.29) is 5.54 Å². The Balaban J connectivity index is 2.35. The van der Waals surface area contributed by atoms with Crippen molar-refractivity contribution in [3.8, 4) is 6.07 Å². The van der Waals surface area contributed by atoms with Crippen LogP contribution in [0.1, 0.15) is 13.8 Å². The second-order valence-corrected chi connectivity index (χ2v) is 11.9. The maximum Gasteiger partial charge on any atom is 0.455 e. The second kappa shape index (κ2) is 9.23. The lowest BCUT2D eigenvalue weighted by Crippen LogP contribution is -2.70. The van der Waals surface area contributed by atoms with Gasteiger partial charge in [0.25, 0.3) is 0 Å². The van der Waals surface area contributed by atoms with Gasteiger partial charge < -0.3 is 10.0 Å². The van der Waals surface area contributed by atoms with Crippen molar-refractivity contribution in [2.75, 3.05) is 0 Å². The fourth-order valence-electron chi connectivity index (χ4n) is 4.53. The van der Waals surface area contributed by atoms with E-state index >= 15 is 0 Å². The van der Waals surface area contributed by atoms with Crippen molar-refractivity contribution in [2.24, 2.45) is 5.92 Å². The largest absolute Gasteiger partial charge is 0.455 e. The molecule has 0 aliphatic carbocycles. The zero-order chi connectivity index (χ0) is 20.9. The van der Waals surface area contributed by atoms with Gasteiger partial charge in [-0.1, -0.05) is 105 Å². The number of hydrogen-bond acceptors (Lipinski definition) is 3. The van der Waals surface area contributed by atoms with E-state index in [2.05, 4.69) is 49.4 Å². The molecular formula is C24H26BNO2Si. The second-order valence-electron chi connectivity index (χ2n) is 7.62. The zero-order valence-electron chi connectivity index (χ0n) is 16.8. The highest BCUT2D eigenvalue weighted by Gasteiger charge is 2.49. The van der Waals surface area contributed by atoms with E-state index in [4.69, 9.17) is 0 Å². The van der Waals surface area contributed by atoms with Crippen molar-refractivity contribution < 1.29 is 10.0 Å². The van der Waals surface area contributed by atoms with Crippen LogP contribution in [-0.4, -0.2) is 25.2 Å². The minimum Gasteiger partial charge on any atom is -0.427 e. The Hall–Kier alpha value is -2.65. The summed E-state index contributed by atoms with van der Waals surface area (Å²) in [4.78, 5) is 0. The summed E-state index contributed by atoms with van der Waals surface area (Å²) in [6.07, 6.45) is 0. The Kier molecular flexibility index (Phi) is 6.71. The maximum atomic E-state index is 10.1. The first-order valence-corrected chi connectivity index (χ1v) is 12.0. The molecule has 0 bridgehead atoms. The third-order valence-electron chi connectivity index (χ3n) is 6.09. The van der Waals surface area contributed by atoms with E-state index in [9.17, 15) is 15.3 Å². The third-order valence-corrected chi connectivity index (χ3v) is 11.6. The number of benzene rings is 3. The van der Waals surface area contributed by atoms with Gasteiger partial charge in [-0.15, -0.1) is 0 Å². The van der Waals surface area contributed by atoms with Gasteiger partial charge in [0.2, 0.25) is 0 Å². The van der Waals surface area contributed by atoms with E-state index in [1.807, 2.05) is 54.6 Å². The SMILES string of the molecule is CC(B(O)O)C(C#N)C(C)[Si](c1ccccc1)(c1ccccc1)c1ccccc1. The average Bonchev–Trinajstić information content (AvgIpc) is 2.77. The number of hydrogen-bond donors (Lipinski definition) is 2. The first kappa shape index (κ1) is 21.1. The van der Waals surface area contributed by atoms with E-state index in [0.717, 1.165) is 0 Å². The monoisotopic (exact) mass is 399 g/mol. The summed E-state index contributed by atoms with van der Waals surface area (Å²) >= 11 is 0. The van der Waals surface area contributed by atoms with E-state index in [0.29, 0.717) is 0 Å². The Morgan fingerprint density at radius 2 is 1.07 bits per heavy atom. The van der Waals surface area contributed by atoms with Crippen molar-refractivity contribution in [1.82, 2.24) is 0 Å². The van der Waals surface area contributed by atoms with Crippen molar-refractivity contribution in [1.29, 1.82) is 5.26 Å². The summed E-state index contributed by atoms with van der Waals surface area (Å²) in [7, 11) is -4.20. The summed E-state index contributed by atoms with van der Waals surface area (Å²) < 4.78 is 0. The molecule has 3 aromatic carbocycles. The topological polar surface area (TPSA) is 64.2 Å². The van der Waals surface area contributed by atoms with Crippen LogP contribution in [0.4, 0.5) is 0 Å². The molecule has 0 heterocycles.